The van der Waals surface area contributed by atoms with Crippen LogP contribution in [0.2, 0.25) is 5.02 Å². The van der Waals surface area contributed by atoms with Crippen molar-refractivity contribution in [1.29, 1.82) is 0 Å². The van der Waals surface area contributed by atoms with Crippen LogP contribution in [0.15, 0.2) is 18.2 Å². The number of benzene rings is 1. The fourth-order valence-corrected chi connectivity index (χ4v) is 1.51. The Hall–Kier alpha value is -0.780. The molecule has 0 radical (unpaired) electrons. The topological polar surface area (TPSA) is 21.3 Å². The van der Waals surface area contributed by atoms with Gasteiger partial charge in [0.1, 0.15) is 6.61 Å². The van der Waals surface area contributed by atoms with Gasteiger partial charge in [-0.3, -0.25) is 0 Å². The molecular weight excluding hydrogens is 267 g/mol. The predicted octanol–water partition coefficient (Wildman–Crippen LogP) is 3.32. The quantitative estimate of drug-likeness (QED) is 0.808. The van der Waals surface area contributed by atoms with Gasteiger partial charge in [-0.1, -0.05) is 23.7 Å². The summed E-state index contributed by atoms with van der Waals surface area (Å²) in [6.07, 6.45) is -4.26. The van der Waals surface area contributed by atoms with Crippen LogP contribution in [0.1, 0.15) is 11.1 Å². The normalized spacial score (nSPS) is 11.8. The molecule has 0 aromatic heterocycles. The molecule has 0 atom stereocenters. The molecule has 0 amide bonds. The SMILES string of the molecule is Cc1ccc(CNCCOCC(F)(F)F)cc1Cl. The second-order valence-electron chi connectivity index (χ2n) is 3.93. The molecule has 0 aliphatic rings. The van der Waals surface area contributed by atoms with Gasteiger partial charge in [0.25, 0.3) is 0 Å². The Labute approximate surface area is 109 Å². The number of rotatable bonds is 6. The van der Waals surface area contributed by atoms with Crippen molar-refractivity contribution in [1.82, 2.24) is 5.32 Å². The highest BCUT2D eigenvalue weighted by Crippen LogP contribution is 2.16. The molecule has 102 valence electrons. The summed E-state index contributed by atoms with van der Waals surface area (Å²) in [7, 11) is 0. The summed E-state index contributed by atoms with van der Waals surface area (Å²) in [5.41, 5.74) is 1.98. The molecule has 2 nitrogen and oxygen atoms in total. The third-order valence-electron chi connectivity index (χ3n) is 2.25. The second-order valence-corrected chi connectivity index (χ2v) is 4.34. The summed E-state index contributed by atoms with van der Waals surface area (Å²) in [6, 6.07) is 5.66. The third kappa shape index (κ3) is 6.23. The summed E-state index contributed by atoms with van der Waals surface area (Å²) in [6.45, 7) is 1.64. The highest BCUT2D eigenvalue weighted by molar-refractivity contribution is 6.31. The van der Waals surface area contributed by atoms with E-state index >= 15 is 0 Å². The van der Waals surface area contributed by atoms with Gasteiger partial charge in [-0.15, -0.1) is 0 Å². The van der Waals surface area contributed by atoms with Gasteiger partial charge >= 0.3 is 6.18 Å². The van der Waals surface area contributed by atoms with Crippen molar-refractivity contribution in [2.75, 3.05) is 19.8 Å². The van der Waals surface area contributed by atoms with Crippen molar-refractivity contribution >= 4 is 11.6 Å². The van der Waals surface area contributed by atoms with Gasteiger partial charge in [0.2, 0.25) is 0 Å². The number of halogens is 4. The van der Waals surface area contributed by atoms with Crippen LogP contribution < -0.4 is 5.32 Å². The smallest absolute Gasteiger partial charge is 0.371 e. The van der Waals surface area contributed by atoms with Crippen LogP contribution in [0.4, 0.5) is 13.2 Å². The number of hydrogen-bond donors (Lipinski definition) is 1. The lowest BCUT2D eigenvalue weighted by molar-refractivity contribution is -0.173. The van der Waals surface area contributed by atoms with Gasteiger partial charge in [0.15, 0.2) is 0 Å². The fourth-order valence-electron chi connectivity index (χ4n) is 1.31. The van der Waals surface area contributed by atoms with Crippen LogP contribution in [0.25, 0.3) is 0 Å². The second kappa shape index (κ2) is 6.97. The molecule has 0 heterocycles. The van der Waals surface area contributed by atoms with Gasteiger partial charge in [0, 0.05) is 18.1 Å². The monoisotopic (exact) mass is 281 g/mol. The lowest BCUT2D eigenvalue weighted by Crippen LogP contribution is -2.23. The van der Waals surface area contributed by atoms with E-state index in [0.29, 0.717) is 18.1 Å². The van der Waals surface area contributed by atoms with E-state index in [2.05, 4.69) is 10.1 Å². The summed E-state index contributed by atoms with van der Waals surface area (Å²) >= 11 is 5.95. The Kier molecular flexibility index (Phi) is 5.91. The zero-order valence-electron chi connectivity index (χ0n) is 9.98. The first kappa shape index (κ1) is 15.3. The number of hydrogen-bond acceptors (Lipinski definition) is 2. The lowest BCUT2D eigenvalue weighted by Gasteiger charge is -2.09. The summed E-state index contributed by atoms with van der Waals surface area (Å²) in [5.74, 6) is 0. The van der Waals surface area contributed by atoms with Crippen LogP contribution >= 0.6 is 11.6 Å². The molecule has 1 rings (SSSR count). The van der Waals surface area contributed by atoms with E-state index in [0.717, 1.165) is 11.1 Å². The van der Waals surface area contributed by atoms with Crippen LogP contribution in [0.5, 0.6) is 0 Å². The van der Waals surface area contributed by atoms with Crippen molar-refractivity contribution in [2.24, 2.45) is 0 Å². The van der Waals surface area contributed by atoms with Gasteiger partial charge in [-0.05, 0) is 24.1 Å². The minimum Gasteiger partial charge on any atom is -0.371 e. The molecule has 0 saturated carbocycles. The van der Waals surface area contributed by atoms with Crippen LogP contribution in [0.3, 0.4) is 0 Å². The van der Waals surface area contributed by atoms with Crippen LogP contribution in [-0.2, 0) is 11.3 Å². The van der Waals surface area contributed by atoms with Crippen molar-refractivity contribution < 1.29 is 17.9 Å². The molecule has 1 aromatic rings. The predicted molar refractivity (Wildman–Crippen MR) is 64.8 cm³/mol. The molecule has 0 fully saturated rings. The largest absolute Gasteiger partial charge is 0.411 e. The lowest BCUT2D eigenvalue weighted by atomic mass is 10.1. The average molecular weight is 282 g/mol. The van der Waals surface area contributed by atoms with Gasteiger partial charge < -0.3 is 10.1 Å². The molecule has 0 aliphatic heterocycles. The van der Waals surface area contributed by atoms with E-state index in [1.807, 2.05) is 25.1 Å². The molecule has 0 unspecified atom stereocenters. The molecule has 1 N–H and O–H groups in total. The van der Waals surface area contributed by atoms with E-state index in [9.17, 15) is 13.2 Å². The number of aryl methyl sites for hydroxylation is 1. The Bertz CT molecular complexity index is 382. The van der Waals surface area contributed by atoms with E-state index in [4.69, 9.17) is 11.6 Å². The Morgan fingerprint density at radius 1 is 1.33 bits per heavy atom. The highest BCUT2D eigenvalue weighted by Gasteiger charge is 2.27. The van der Waals surface area contributed by atoms with E-state index < -0.39 is 12.8 Å². The molecular formula is C12H15ClF3NO. The van der Waals surface area contributed by atoms with Crippen LogP contribution in [-0.4, -0.2) is 25.9 Å². The Morgan fingerprint density at radius 2 is 2.06 bits per heavy atom. The minimum atomic E-state index is -4.26. The van der Waals surface area contributed by atoms with Crippen molar-refractivity contribution in [3.8, 4) is 0 Å². The minimum absolute atomic E-state index is 0.0269. The van der Waals surface area contributed by atoms with Gasteiger partial charge in [-0.25, -0.2) is 0 Å². The molecule has 0 saturated heterocycles. The van der Waals surface area contributed by atoms with Crippen LogP contribution in [0, 0.1) is 6.92 Å². The first-order valence-electron chi connectivity index (χ1n) is 5.49. The van der Waals surface area contributed by atoms with Gasteiger partial charge in [-0.2, -0.15) is 13.2 Å². The fraction of sp³-hybridized carbons (Fsp3) is 0.500. The molecule has 1 aromatic carbocycles. The number of nitrogens with one attached hydrogen (secondary N) is 1. The first-order chi connectivity index (χ1) is 8.38. The molecule has 0 spiro atoms. The van der Waals surface area contributed by atoms with Gasteiger partial charge in [0.05, 0.1) is 6.61 Å². The standard InChI is InChI=1S/C12H15ClF3NO/c1-9-2-3-10(6-11(9)13)7-17-4-5-18-8-12(14,15)16/h2-3,6,17H,4-5,7-8H2,1H3. The zero-order valence-corrected chi connectivity index (χ0v) is 10.7. The van der Waals surface area contributed by atoms with E-state index in [1.165, 1.54) is 0 Å². The first-order valence-corrected chi connectivity index (χ1v) is 5.86. The third-order valence-corrected chi connectivity index (χ3v) is 2.66. The Balaban J connectivity index is 2.16. The molecule has 18 heavy (non-hydrogen) atoms. The maximum atomic E-state index is 11.8. The zero-order chi connectivity index (χ0) is 13.6. The highest BCUT2D eigenvalue weighted by atomic mass is 35.5. The summed E-state index contributed by atoms with van der Waals surface area (Å²) in [4.78, 5) is 0. The van der Waals surface area contributed by atoms with Crippen molar-refractivity contribution in [3.63, 3.8) is 0 Å². The maximum absolute atomic E-state index is 11.8. The van der Waals surface area contributed by atoms with Crippen molar-refractivity contribution in [3.05, 3.63) is 34.3 Å². The number of alkyl halides is 3. The van der Waals surface area contributed by atoms with E-state index in [-0.39, 0.29) is 6.61 Å². The Morgan fingerprint density at radius 3 is 2.67 bits per heavy atom. The molecule has 6 heteroatoms. The summed E-state index contributed by atoms with van der Waals surface area (Å²) in [5, 5.41) is 3.67. The average Bonchev–Trinajstić information content (AvgIpc) is 2.26. The number of ether oxygens (including phenoxy) is 1. The molecule has 0 bridgehead atoms. The van der Waals surface area contributed by atoms with Crippen molar-refractivity contribution in [2.45, 2.75) is 19.6 Å². The molecule has 0 aliphatic carbocycles. The van der Waals surface area contributed by atoms with E-state index in [1.54, 1.807) is 0 Å². The maximum Gasteiger partial charge on any atom is 0.411 e. The summed E-state index contributed by atoms with van der Waals surface area (Å²) < 4.78 is 39.7.